The van der Waals surface area contributed by atoms with Crippen molar-refractivity contribution in [2.75, 3.05) is 0 Å². The first-order chi connectivity index (χ1) is 12.2. The van der Waals surface area contributed by atoms with Crippen molar-refractivity contribution in [2.24, 2.45) is 0 Å². The van der Waals surface area contributed by atoms with Crippen LogP contribution in [0.4, 0.5) is 4.39 Å². The van der Waals surface area contributed by atoms with Crippen LogP contribution in [0.5, 0.6) is 0 Å². The SMILES string of the molecule is CCc1nn2c(-c3ccc(F)cc3)ccnc2c1-c1ccc(C)cc1. The average molecular weight is 331 g/mol. The lowest BCUT2D eigenvalue weighted by Crippen LogP contribution is -1.96. The lowest BCUT2D eigenvalue weighted by atomic mass is 10.0. The number of fused-ring (bicyclic) bond motifs is 1. The van der Waals surface area contributed by atoms with Crippen LogP contribution in [-0.2, 0) is 6.42 Å². The molecule has 0 fully saturated rings. The van der Waals surface area contributed by atoms with E-state index in [9.17, 15) is 4.39 Å². The van der Waals surface area contributed by atoms with Crippen molar-refractivity contribution in [1.29, 1.82) is 0 Å². The van der Waals surface area contributed by atoms with E-state index in [-0.39, 0.29) is 5.82 Å². The molecule has 0 saturated carbocycles. The average Bonchev–Trinajstić information content (AvgIpc) is 3.02. The maximum atomic E-state index is 13.3. The number of hydrogen-bond acceptors (Lipinski definition) is 2. The summed E-state index contributed by atoms with van der Waals surface area (Å²) in [6.07, 6.45) is 2.60. The van der Waals surface area contributed by atoms with Gasteiger partial charge in [0.1, 0.15) is 5.82 Å². The first kappa shape index (κ1) is 15.5. The summed E-state index contributed by atoms with van der Waals surface area (Å²) < 4.78 is 15.1. The Bertz CT molecular complexity index is 1030. The molecule has 0 aliphatic rings. The number of halogens is 1. The molecule has 2 aromatic heterocycles. The summed E-state index contributed by atoms with van der Waals surface area (Å²) in [6.45, 7) is 4.17. The Morgan fingerprint density at radius 1 is 0.920 bits per heavy atom. The van der Waals surface area contributed by atoms with E-state index in [4.69, 9.17) is 5.10 Å². The largest absolute Gasteiger partial charge is 0.236 e. The molecule has 4 heteroatoms. The van der Waals surface area contributed by atoms with E-state index in [1.165, 1.54) is 17.7 Å². The highest BCUT2D eigenvalue weighted by Crippen LogP contribution is 2.31. The third kappa shape index (κ3) is 2.70. The van der Waals surface area contributed by atoms with Crippen LogP contribution in [0.25, 0.3) is 28.0 Å². The predicted octanol–water partition coefficient (Wildman–Crippen LogP) is 5.07. The normalized spacial score (nSPS) is 11.2. The Hall–Kier alpha value is -3.01. The van der Waals surface area contributed by atoms with E-state index in [2.05, 4.69) is 43.1 Å². The molecule has 25 heavy (non-hydrogen) atoms. The van der Waals surface area contributed by atoms with Gasteiger partial charge in [0.05, 0.1) is 11.4 Å². The number of hydrogen-bond donors (Lipinski definition) is 0. The Morgan fingerprint density at radius 3 is 2.28 bits per heavy atom. The van der Waals surface area contributed by atoms with Crippen molar-refractivity contribution < 1.29 is 4.39 Å². The smallest absolute Gasteiger partial charge is 0.163 e. The minimum atomic E-state index is -0.246. The molecule has 0 aliphatic carbocycles. The van der Waals surface area contributed by atoms with E-state index < -0.39 is 0 Å². The minimum Gasteiger partial charge on any atom is -0.236 e. The molecular formula is C21H18FN3. The van der Waals surface area contributed by atoms with Gasteiger partial charge in [0.15, 0.2) is 5.65 Å². The fourth-order valence-corrected chi connectivity index (χ4v) is 3.09. The summed E-state index contributed by atoms with van der Waals surface area (Å²) in [4.78, 5) is 4.58. The summed E-state index contributed by atoms with van der Waals surface area (Å²) in [5, 5.41) is 4.79. The highest BCUT2D eigenvalue weighted by atomic mass is 19.1. The first-order valence-electron chi connectivity index (χ1n) is 8.37. The standard InChI is InChI=1S/C21H18FN3/c1-3-18-20(16-6-4-14(2)5-7-16)21-23-13-12-19(25(21)24-18)15-8-10-17(22)11-9-15/h4-13H,3H2,1-2H3. The van der Waals surface area contributed by atoms with Crippen LogP contribution in [0.1, 0.15) is 18.2 Å². The van der Waals surface area contributed by atoms with Gasteiger partial charge < -0.3 is 0 Å². The van der Waals surface area contributed by atoms with Gasteiger partial charge in [0.2, 0.25) is 0 Å². The summed E-state index contributed by atoms with van der Waals surface area (Å²) in [7, 11) is 0. The predicted molar refractivity (Wildman–Crippen MR) is 97.9 cm³/mol. The van der Waals surface area contributed by atoms with E-state index in [0.29, 0.717) is 0 Å². The minimum absolute atomic E-state index is 0.246. The third-order valence-corrected chi connectivity index (χ3v) is 4.41. The second-order valence-corrected chi connectivity index (χ2v) is 6.11. The molecule has 0 atom stereocenters. The fraction of sp³-hybridized carbons (Fsp3) is 0.143. The van der Waals surface area contributed by atoms with Gasteiger partial charge in [0, 0.05) is 17.3 Å². The van der Waals surface area contributed by atoms with E-state index in [0.717, 1.165) is 40.1 Å². The zero-order chi connectivity index (χ0) is 17.4. The number of aromatic nitrogens is 3. The van der Waals surface area contributed by atoms with Crippen molar-refractivity contribution in [3.8, 4) is 22.4 Å². The number of rotatable bonds is 3. The maximum Gasteiger partial charge on any atom is 0.163 e. The summed E-state index contributed by atoms with van der Waals surface area (Å²) in [6, 6.07) is 16.8. The highest BCUT2D eigenvalue weighted by molar-refractivity contribution is 5.81. The van der Waals surface area contributed by atoms with Crippen molar-refractivity contribution in [1.82, 2.24) is 14.6 Å². The molecule has 2 aromatic carbocycles. The molecule has 0 radical (unpaired) electrons. The van der Waals surface area contributed by atoms with Crippen molar-refractivity contribution in [3.05, 3.63) is 77.9 Å². The van der Waals surface area contributed by atoms with E-state index in [1.807, 2.05) is 10.6 Å². The van der Waals surface area contributed by atoms with E-state index >= 15 is 0 Å². The van der Waals surface area contributed by atoms with Crippen molar-refractivity contribution in [2.45, 2.75) is 20.3 Å². The first-order valence-corrected chi connectivity index (χ1v) is 8.37. The van der Waals surface area contributed by atoms with Gasteiger partial charge in [0.25, 0.3) is 0 Å². The molecule has 3 nitrogen and oxygen atoms in total. The number of benzene rings is 2. The zero-order valence-electron chi connectivity index (χ0n) is 14.2. The monoisotopic (exact) mass is 331 g/mol. The quantitative estimate of drug-likeness (QED) is 0.524. The lowest BCUT2D eigenvalue weighted by Gasteiger charge is -2.05. The van der Waals surface area contributed by atoms with Crippen LogP contribution in [0.2, 0.25) is 0 Å². The van der Waals surface area contributed by atoms with Crippen LogP contribution in [-0.4, -0.2) is 14.6 Å². The molecule has 0 spiro atoms. The molecule has 0 bridgehead atoms. The Balaban J connectivity index is 1.97. The molecule has 0 N–H and O–H groups in total. The molecule has 0 unspecified atom stereocenters. The van der Waals surface area contributed by atoms with Gasteiger partial charge in [-0.25, -0.2) is 13.9 Å². The van der Waals surface area contributed by atoms with Crippen LogP contribution >= 0.6 is 0 Å². The fourth-order valence-electron chi connectivity index (χ4n) is 3.09. The topological polar surface area (TPSA) is 30.2 Å². The third-order valence-electron chi connectivity index (χ3n) is 4.41. The van der Waals surface area contributed by atoms with E-state index in [1.54, 1.807) is 18.3 Å². The van der Waals surface area contributed by atoms with Crippen LogP contribution in [0.3, 0.4) is 0 Å². The molecule has 2 heterocycles. The highest BCUT2D eigenvalue weighted by Gasteiger charge is 2.17. The molecule has 0 saturated heterocycles. The Labute approximate surface area is 145 Å². The van der Waals surface area contributed by atoms with Crippen molar-refractivity contribution >= 4 is 5.65 Å². The Morgan fingerprint density at radius 2 is 1.60 bits per heavy atom. The molecule has 4 rings (SSSR count). The Kier molecular flexibility index (Phi) is 3.80. The summed E-state index contributed by atoms with van der Waals surface area (Å²) >= 11 is 0. The maximum absolute atomic E-state index is 13.3. The molecular weight excluding hydrogens is 313 g/mol. The van der Waals surface area contributed by atoms with Gasteiger partial charge >= 0.3 is 0 Å². The zero-order valence-corrected chi connectivity index (χ0v) is 14.2. The lowest BCUT2D eigenvalue weighted by molar-refractivity contribution is 0.628. The summed E-state index contributed by atoms with van der Waals surface area (Å²) in [5.74, 6) is -0.246. The van der Waals surface area contributed by atoms with Crippen LogP contribution < -0.4 is 0 Å². The molecule has 4 aromatic rings. The summed E-state index contributed by atoms with van der Waals surface area (Å²) in [5.41, 5.74) is 7.03. The van der Waals surface area contributed by atoms with Gasteiger partial charge in [-0.05, 0) is 49.2 Å². The second-order valence-electron chi connectivity index (χ2n) is 6.11. The molecule has 0 amide bonds. The number of nitrogens with zero attached hydrogens (tertiary/aromatic N) is 3. The van der Waals surface area contributed by atoms with Gasteiger partial charge in [-0.15, -0.1) is 0 Å². The molecule has 124 valence electrons. The van der Waals surface area contributed by atoms with Crippen LogP contribution in [0.15, 0.2) is 60.8 Å². The second kappa shape index (κ2) is 6.13. The number of aryl methyl sites for hydroxylation is 2. The van der Waals surface area contributed by atoms with Crippen molar-refractivity contribution in [3.63, 3.8) is 0 Å². The van der Waals surface area contributed by atoms with Crippen LogP contribution in [0, 0.1) is 12.7 Å². The van der Waals surface area contributed by atoms with Gasteiger partial charge in [-0.1, -0.05) is 36.8 Å². The van der Waals surface area contributed by atoms with Gasteiger partial charge in [-0.2, -0.15) is 5.10 Å². The van der Waals surface area contributed by atoms with Gasteiger partial charge in [-0.3, -0.25) is 0 Å². The molecule has 0 aliphatic heterocycles.